The van der Waals surface area contributed by atoms with Crippen LogP contribution in [0.15, 0.2) is 48.5 Å². The summed E-state index contributed by atoms with van der Waals surface area (Å²) in [6.07, 6.45) is 3.54. The average Bonchev–Trinajstić information content (AvgIpc) is 2.73. The van der Waals surface area contributed by atoms with Gasteiger partial charge in [0.2, 0.25) is 5.91 Å². The van der Waals surface area contributed by atoms with E-state index in [9.17, 15) is 4.79 Å². The zero-order valence-electron chi connectivity index (χ0n) is 16.0. The van der Waals surface area contributed by atoms with E-state index >= 15 is 0 Å². The summed E-state index contributed by atoms with van der Waals surface area (Å²) in [5.41, 5.74) is 3.31. The van der Waals surface area contributed by atoms with Gasteiger partial charge in [0.1, 0.15) is 0 Å². The second-order valence-corrected chi connectivity index (χ2v) is 7.58. The Bertz CT molecular complexity index is 828. The molecule has 0 unspecified atom stereocenters. The fourth-order valence-electron chi connectivity index (χ4n) is 3.16. The third kappa shape index (κ3) is 5.51. The van der Waals surface area contributed by atoms with Crippen LogP contribution in [0.1, 0.15) is 18.1 Å². The van der Waals surface area contributed by atoms with Crippen LogP contribution in [0.5, 0.6) is 0 Å². The minimum atomic E-state index is 0.0468. The number of carbonyl (C=O) groups is 1. The van der Waals surface area contributed by atoms with Gasteiger partial charge in [-0.2, -0.15) is 0 Å². The molecule has 6 heteroatoms. The van der Waals surface area contributed by atoms with Gasteiger partial charge in [0.05, 0.1) is 10.0 Å². The normalized spacial score (nSPS) is 14.7. The predicted octanol–water partition coefficient (Wildman–Crippen LogP) is 4.46. The summed E-state index contributed by atoms with van der Waals surface area (Å²) in [7, 11) is 0. The maximum atomic E-state index is 12.5. The summed E-state index contributed by atoms with van der Waals surface area (Å²) in [5.74, 6) is 0.0468. The van der Waals surface area contributed by atoms with Crippen LogP contribution in [-0.4, -0.2) is 43.5 Å². The van der Waals surface area contributed by atoms with Gasteiger partial charge in [-0.05, 0) is 41.9 Å². The van der Waals surface area contributed by atoms with Crippen molar-refractivity contribution in [3.8, 4) is 0 Å². The Morgan fingerprint density at radius 3 is 2.39 bits per heavy atom. The predicted molar refractivity (Wildman–Crippen MR) is 118 cm³/mol. The van der Waals surface area contributed by atoms with E-state index in [1.807, 2.05) is 41.3 Å². The number of carbonyl (C=O) groups excluding carboxylic acids is 1. The zero-order chi connectivity index (χ0) is 19.9. The van der Waals surface area contributed by atoms with Gasteiger partial charge < -0.3 is 15.1 Å². The SMILES string of the molecule is CCNCc1ccc(/C=C/C(=O)N2CCN(c3ccc(Cl)c(Cl)c3)CC2)cc1. The number of anilines is 1. The topological polar surface area (TPSA) is 35.6 Å². The molecule has 0 aromatic heterocycles. The standard InChI is InChI=1S/C22H25Cl2N3O/c1-2-25-16-18-5-3-17(4-6-18)7-10-22(28)27-13-11-26(12-14-27)19-8-9-20(23)21(24)15-19/h3-10,15,25H,2,11-14,16H2,1H3/b10-7+. The van der Waals surface area contributed by atoms with Crippen molar-refractivity contribution < 1.29 is 4.79 Å². The molecule has 148 valence electrons. The molecular weight excluding hydrogens is 393 g/mol. The molecule has 1 N–H and O–H groups in total. The first-order valence-electron chi connectivity index (χ1n) is 9.53. The molecule has 1 saturated heterocycles. The molecule has 28 heavy (non-hydrogen) atoms. The largest absolute Gasteiger partial charge is 0.368 e. The fourth-order valence-corrected chi connectivity index (χ4v) is 3.45. The highest BCUT2D eigenvalue weighted by Crippen LogP contribution is 2.27. The van der Waals surface area contributed by atoms with Crippen LogP contribution in [-0.2, 0) is 11.3 Å². The monoisotopic (exact) mass is 417 g/mol. The minimum absolute atomic E-state index is 0.0468. The Morgan fingerprint density at radius 1 is 1.04 bits per heavy atom. The third-order valence-corrected chi connectivity index (χ3v) is 5.58. The molecule has 0 saturated carbocycles. The smallest absolute Gasteiger partial charge is 0.246 e. The van der Waals surface area contributed by atoms with Crippen LogP contribution in [0.3, 0.4) is 0 Å². The Morgan fingerprint density at radius 2 is 1.75 bits per heavy atom. The maximum absolute atomic E-state index is 12.5. The second kappa shape index (κ2) is 9.97. The first-order valence-corrected chi connectivity index (χ1v) is 10.3. The minimum Gasteiger partial charge on any atom is -0.368 e. The van der Waals surface area contributed by atoms with Crippen LogP contribution < -0.4 is 10.2 Å². The first-order chi connectivity index (χ1) is 13.6. The number of nitrogens with one attached hydrogen (secondary N) is 1. The highest BCUT2D eigenvalue weighted by atomic mass is 35.5. The number of hydrogen-bond donors (Lipinski definition) is 1. The molecule has 1 aliphatic rings. The highest BCUT2D eigenvalue weighted by Gasteiger charge is 2.20. The second-order valence-electron chi connectivity index (χ2n) is 6.77. The van der Waals surface area contributed by atoms with E-state index in [0.29, 0.717) is 23.1 Å². The van der Waals surface area contributed by atoms with Crippen LogP contribution in [0.2, 0.25) is 10.0 Å². The van der Waals surface area contributed by atoms with Gasteiger partial charge in [0.15, 0.2) is 0 Å². The molecule has 2 aromatic rings. The Balaban J connectivity index is 1.52. The van der Waals surface area contributed by atoms with E-state index in [0.717, 1.165) is 37.4 Å². The summed E-state index contributed by atoms with van der Waals surface area (Å²) in [5, 5.41) is 4.41. The van der Waals surface area contributed by atoms with Crippen molar-refractivity contribution in [2.24, 2.45) is 0 Å². The Labute approximate surface area is 176 Å². The molecule has 0 aliphatic carbocycles. The highest BCUT2D eigenvalue weighted by molar-refractivity contribution is 6.42. The van der Waals surface area contributed by atoms with E-state index in [1.54, 1.807) is 6.08 Å². The number of nitrogens with zero attached hydrogens (tertiary/aromatic N) is 2. The third-order valence-electron chi connectivity index (χ3n) is 4.84. The summed E-state index contributed by atoms with van der Waals surface area (Å²) >= 11 is 12.1. The maximum Gasteiger partial charge on any atom is 0.246 e. The van der Waals surface area contributed by atoms with Gasteiger partial charge in [-0.3, -0.25) is 4.79 Å². The van der Waals surface area contributed by atoms with Gasteiger partial charge in [-0.15, -0.1) is 0 Å². The van der Waals surface area contributed by atoms with Gasteiger partial charge in [0.25, 0.3) is 0 Å². The molecule has 0 bridgehead atoms. The van der Waals surface area contributed by atoms with Gasteiger partial charge >= 0.3 is 0 Å². The number of rotatable bonds is 6. The van der Waals surface area contributed by atoms with Crippen molar-refractivity contribution in [3.63, 3.8) is 0 Å². The van der Waals surface area contributed by atoms with E-state index in [1.165, 1.54) is 5.56 Å². The van der Waals surface area contributed by atoms with Crippen LogP contribution >= 0.6 is 23.2 Å². The molecule has 1 amide bonds. The van der Waals surface area contributed by atoms with Crippen molar-refractivity contribution in [1.29, 1.82) is 0 Å². The van der Waals surface area contributed by atoms with Crippen molar-refractivity contribution in [2.45, 2.75) is 13.5 Å². The Kier molecular flexibility index (Phi) is 7.37. The molecule has 1 heterocycles. The van der Waals surface area contributed by atoms with Crippen LogP contribution in [0.4, 0.5) is 5.69 Å². The molecule has 2 aromatic carbocycles. The summed E-state index contributed by atoms with van der Waals surface area (Å²) < 4.78 is 0. The quantitative estimate of drug-likeness (QED) is 0.704. The fraction of sp³-hybridized carbons (Fsp3) is 0.318. The van der Waals surface area contributed by atoms with Crippen molar-refractivity contribution >= 4 is 40.9 Å². The summed E-state index contributed by atoms with van der Waals surface area (Å²) in [6.45, 7) is 6.83. The van der Waals surface area contributed by atoms with E-state index in [2.05, 4.69) is 29.3 Å². The molecule has 0 atom stereocenters. The number of halogens is 2. The number of hydrogen-bond acceptors (Lipinski definition) is 3. The van der Waals surface area contributed by atoms with E-state index < -0.39 is 0 Å². The van der Waals surface area contributed by atoms with Crippen molar-refractivity contribution in [3.05, 3.63) is 69.7 Å². The Hall–Kier alpha value is -2.01. The molecule has 1 fully saturated rings. The number of piperazine rings is 1. The van der Waals surface area contributed by atoms with Crippen LogP contribution in [0, 0.1) is 0 Å². The van der Waals surface area contributed by atoms with Crippen molar-refractivity contribution in [1.82, 2.24) is 10.2 Å². The first kappa shape index (κ1) is 20.7. The zero-order valence-corrected chi connectivity index (χ0v) is 17.5. The number of amides is 1. The summed E-state index contributed by atoms with van der Waals surface area (Å²) in [6, 6.07) is 13.9. The average molecular weight is 418 g/mol. The molecule has 0 radical (unpaired) electrons. The molecule has 1 aliphatic heterocycles. The van der Waals surface area contributed by atoms with Gasteiger partial charge in [0, 0.05) is 44.5 Å². The molecule has 0 spiro atoms. The number of benzene rings is 2. The van der Waals surface area contributed by atoms with Gasteiger partial charge in [-0.1, -0.05) is 54.4 Å². The lowest BCUT2D eigenvalue weighted by molar-refractivity contribution is -0.126. The molecule has 3 rings (SSSR count). The lowest BCUT2D eigenvalue weighted by atomic mass is 10.1. The van der Waals surface area contributed by atoms with Crippen LogP contribution in [0.25, 0.3) is 6.08 Å². The molecule has 4 nitrogen and oxygen atoms in total. The molecular formula is C22H25Cl2N3O. The van der Waals surface area contributed by atoms with E-state index in [-0.39, 0.29) is 5.91 Å². The lowest BCUT2D eigenvalue weighted by Gasteiger charge is -2.35. The lowest BCUT2D eigenvalue weighted by Crippen LogP contribution is -2.48. The van der Waals surface area contributed by atoms with E-state index in [4.69, 9.17) is 23.2 Å². The summed E-state index contributed by atoms with van der Waals surface area (Å²) in [4.78, 5) is 16.6. The van der Waals surface area contributed by atoms with Gasteiger partial charge in [-0.25, -0.2) is 0 Å². The van der Waals surface area contributed by atoms with Crippen molar-refractivity contribution in [2.75, 3.05) is 37.6 Å².